The molecule has 0 aliphatic rings. The zero-order chi connectivity index (χ0) is 11.3. The molecule has 0 heterocycles. The number of ketones is 1. The van der Waals surface area contributed by atoms with Crippen molar-refractivity contribution in [2.45, 2.75) is 6.92 Å². The maximum atomic E-state index is 11.4. The molecule has 1 aromatic rings. The summed E-state index contributed by atoms with van der Waals surface area (Å²) in [6.07, 6.45) is 2.09. The monoisotopic (exact) mass is 223 g/mol. The van der Waals surface area contributed by atoms with Gasteiger partial charge >= 0.3 is 0 Å². The van der Waals surface area contributed by atoms with Crippen LogP contribution in [0.15, 0.2) is 24.3 Å². The first kappa shape index (κ1) is 12.1. The number of hydrogen-bond donors (Lipinski definition) is 0. The minimum Gasteiger partial charge on any atom is -0.373 e. The van der Waals surface area contributed by atoms with E-state index in [1.807, 2.05) is 43.1 Å². The molecule has 0 aliphatic carbocycles. The Labute approximate surface area is 95.7 Å². The van der Waals surface area contributed by atoms with Crippen LogP contribution in [0.25, 0.3) is 0 Å². The Morgan fingerprint density at radius 3 is 2.67 bits per heavy atom. The number of rotatable bonds is 5. The number of hydrogen-bond acceptors (Lipinski definition) is 3. The minimum absolute atomic E-state index is 0.126. The van der Waals surface area contributed by atoms with Crippen molar-refractivity contribution in [2.24, 2.45) is 0 Å². The first-order valence-corrected chi connectivity index (χ1v) is 6.36. The van der Waals surface area contributed by atoms with Crippen LogP contribution < -0.4 is 4.90 Å². The topological polar surface area (TPSA) is 20.3 Å². The number of carbonyl (C=O) groups excluding carboxylic acids is 1. The van der Waals surface area contributed by atoms with Gasteiger partial charge in [0.05, 0.1) is 0 Å². The third-order valence-electron chi connectivity index (χ3n) is 2.33. The predicted octanol–water partition coefficient (Wildman–Crippen LogP) is 2.69. The van der Waals surface area contributed by atoms with Crippen LogP contribution in [0.5, 0.6) is 0 Å². The molecule has 1 rings (SSSR count). The maximum Gasteiger partial charge on any atom is 0.161 e. The van der Waals surface area contributed by atoms with Gasteiger partial charge in [0, 0.05) is 30.6 Å². The fourth-order valence-electron chi connectivity index (χ4n) is 1.45. The number of nitrogens with zero attached hydrogens (tertiary/aromatic N) is 1. The van der Waals surface area contributed by atoms with E-state index in [-0.39, 0.29) is 5.78 Å². The van der Waals surface area contributed by atoms with Gasteiger partial charge in [-0.25, -0.2) is 0 Å². The van der Waals surface area contributed by atoms with Gasteiger partial charge in [-0.1, -0.05) is 12.1 Å². The molecule has 2 nitrogen and oxygen atoms in total. The SMILES string of the molecule is CSCCN(C)c1ccccc1C(C)=O. The molecule has 1 aromatic carbocycles. The number of benzene rings is 1. The quantitative estimate of drug-likeness (QED) is 0.716. The van der Waals surface area contributed by atoms with Crippen LogP contribution in [0.1, 0.15) is 17.3 Å². The summed E-state index contributed by atoms with van der Waals surface area (Å²) < 4.78 is 0. The van der Waals surface area contributed by atoms with Gasteiger partial charge in [-0.15, -0.1) is 0 Å². The molecule has 0 saturated heterocycles. The highest BCUT2D eigenvalue weighted by Crippen LogP contribution is 2.19. The number of para-hydroxylation sites is 1. The molecule has 0 bridgehead atoms. The lowest BCUT2D eigenvalue weighted by Crippen LogP contribution is -2.22. The van der Waals surface area contributed by atoms with Crippen LogP contribution in [-0.4, -0.2) is 31.4 Å². The van der Waals surface area contributed by atoms with Gasteiger partial charge in [0.15, 0.2) is 5.78 Å². The molecule has 0 radical (unpaired) electrons. The van der Waals surface area contributed by atoms with E-state index in [0.717, 1.165) is 23.5 Å². The van der Waals surface area contributed by atoms with Crippen molar-refractivity contribution in [2.75, 3.05) is 30.5 Å². The summed E-state index contributed by atoms with van der Waals surface area (Å²) in [5.41, 5.74) is 1.83. The highest BCUT2D eigenvalue weighted by Gasteiger charge is 2.09. The second-order valence-corrected chi connectivity index (χ2v) is 4.47. The van der Waals surface area contributed by atoms with E-state index in [1.54, 1.807) is 6.92 Å². The van der Waals surface area contributed by atoms with Crippen molar-refractivity contribution >= 4 is 23.2 Å². The molecule has 0 amide bonds. The Morgan fingerprint density at radius 2 is 2.07 bits per heavy atom. The average molecular weight is 223 g/mol. The van der Waals surface area contributed by atoms with E-state index in [2.05, 4.69) is 11.2 Å². The average Bonchev–Trinajstić information content (AvgIpc) is 2.25. The lowest BCUT2D eigenvalue weighted by atomic mass is 10.1. The summed E-state index contributed by atoms with van der Waals surface area (Å²) in [6.45, 7) is 2.58. The third-order valence-corrected chi connectivity index (χ3v) is 2.92. The Balaban J connectivity index is 2.87. The van der Waals surface area contributed by atoms with Crippen LogP contribution in [0.2, 0.25) is 0 Å². The van der Waals surface area contributed by atoms with E-state index in [0.29, 0.717) is 0 Å². The summed E-state index contributed by atoms with van der Waals surface area (Å²) in [5.74, 6) is 1.20. The van der Waals surface area contributed by atoms with Crippen molar-refractivity contribution in [1.29, 1.82) is 0 Å². The number of anilines is 1. The van der Waals surface area contributed by atoms with Crippen LogP contribution in [0.4, 0.5) is 5.69 Å². The standard InChI is InChI=1S/C12H17NOS/c1-10(14)11-6-4-5-7-12(11)13(2)8-9-15-3/h4-7H,8-9H2,1-3H3. The van der Waals surface area contributed by atoms with E-state index >= 15 is 0 Å². The lowest BCUT2D eigenvalue weighted by molar-refractivity contribution is 0.101. The highest BCUT2D eigenvalue weighted by molar-refractivity contribution is 7.98. The van der Waals surface area contributed by atoms with Gasteiger partial charge in [-0.3, -0.25) is 4.79 Å². The number of Topliss-reactive ketones (excluding diaryl/α,β-unsaturated/α-hetero) is 1. The predicted molar refractivity (Wildman–Crippen MR) is 68.1 cm³/mol. The van der Waals surface area contributed by atoms with Gasteiger partial charge in [0.1, 0.15) is 0 Å². The van der Waals surface area contributed by atoms with Gasteiger partial charge in [-0.05, 0) is 25.3 Å². The van der Waals surface area contributed by atoms with Crippen molar-refractivity contribution < 1.29 is 4.79 Å². The fraction of sp³-hybridized carbons (Fsp3) is 0.417. The number of thioether (sulfide) groups is 1. The van der Waals surface area contributed by atoms with Crippen molar-refractivity contribution in [3.05, 3.63) is 29.8 Å². The van der Waals surface area contributed by atoms with Crippen LogP contribution in [0, 0.1) is 0 Å². The molecule has 0 spiro atoms. The van der Waals surface area contributed by atoms with E-state index < -0.39 is 0 Å². The summed E-state index contributed by atoms with van der Waals surface area (Å²) >= 11 is 1.81. The van der Waals surface area contributed by atoms with Gasteiger partial charge < -0.3 is 4.90 Å². The molecule has 82 valence electrons. The molecule has 0 aromatic heterocycles. The molecule has 0 aliphatic heterocycles. The Kier molecular flexibility index (Phi) is 4.69. The van der Waals surface area contributed by atoms with Crippen molar-refractivity contribution in [3.8, 4) is 0 Å². The van der Waals surface area contributed by atoms with E-state index in [1.165, 1.54) is 0 Å². The zero-order valence-corrected chi connectivity index (χ0v) is 10.3. The molecule has 0 N–H and O–H groups in total. The molecule has 15 heavy (non-hydrogen) atoms. The molecular formula is C12H17NOS. The van der Waals surface area contributed by atoms with Crippen LogP contribution >= 0.6 is 11.8 Å². The van der Waals surface area contributed by atoms with Crippen molar-refractivity contribution in [1.82, 2.24) is 0 Å². The van der Waals surface area contributed by atoms with Gasteiger partial charge in [-0.2, -0.15) is 11.8 Å². The smallest absolute Gasteiger partial charge is 0.161 e. The van der Waals surface area contributed by atoms with E-state index in [4.69, 9.17) is 0 Å². The summed E-state index contributed by atoms with van der Waals surface area (Å²) in [6, 6.07) is 7.75. The first-order valence-electron chi connectivity index (χ1n) is 4.97. The van der Waals surface area contributed by atoms with Gasteiger partial charge in [0.25, 0.3) is 0 Å². The maximum absolute atomic E-state index is 11.4. The second kappa shape index (κ2) is 5.81. The Bertz CT molecular complexity index is 338. The van der Waals surface area contributed by atoms with Crippen LogP contribution in [0.3, 0.4) is 0 Å². The fourth-order valence-corrected chi connectivity index (χ4v) is 1.91. The Morgan fingerprint density at radius 1 is 1.40 bits per heavy atom. The molecule has 0 fully saturated rings. The first-order chi connectivity index (χ1) is 7.16. The molecule has 0 saturated carbocycles. The zero-order valence-electron chi connectivity index (χ0n) is 9.49. The molecule has 0 atom stereocenters. The largest absolute Gasteiger partial charge is 0.373 e. The third kappa shape index (κ3) is 3.27. The molecular weight excluding hydrogens is 206 g/mol. The second-order valence-electron chi connectivity index (χ2n) is 3.49. The van der Waals surface area contributed by atoms with Gasteiger partial charge in [0.2, 0.25) is 0 Å². The minimum atomic E-state index is 0.126. The molecule has 0 unspecified atom stereocenters. The highest BCUT2D eigenvalue weighted by atomic mass is 32.2. The Hall–Kier alpha value is -0.960. The summed E-state index contributed by atoms with van der Waals surface area (Å²) in [4.78, 5) is 13.5. The van der Waals surface area contributed by atoms with E-state index in [9.17, 15) is 4.79 Å². The normalized spacial score (nSPS) is 10.1. The molecule has 3 heteroatoms. The van der Waals surface area contributed by atoms with Crippen molar-refractivity contribution in [3.63, 3.8) is 0 Å². The summed E-state index contributed by atoms with van der Waals surface area (Å²) in [5, 5.41) is 0. The number of carbonyl (C=O) groups is 1. The van der Waals surface area contributed by atoms with Crippen LogP contribution in [-0.2, 0) is 0 Å². The summed E-state index contributed by atoms with van der Waals surface area (Å²) in [7, 11) is 2.03. The lowest BCUT2D eigenvalue weighted by Gasteiger charge is -2.21.